The minimum Gasteiger partial charge on any atom is -0.320 e. The number of anilines is 1. The number of benzene rings is 3. The zero-order valence-electron chi connectivity index (χ0n) is 16.6. The number of fused-ring (bicyclic) bond motifs is 1. The molecule has 0 bridgehead atoms. The maximum absolute atomic E-state index is 13.1. The van der Waals surface area contributed by atoms with E-state index in [4.69, 9.17) is 0 Å². The summed E-state index contributed by atoms with van der Waals surface area (Å²) in [6.45, 7) is 1.89. The largest absolute Gasteiger partial charge is 0.320 e. The standard InChI is InChI=1S/C23H18N4O4/c1-15-13-17(27(30)31)11-12-20(15)24-22(28)21-18-9-5-6-10-19(18)23(29)26(25-21)14-16-7-3-2-4-8-16/h2-13H,14H2,1H3,(H,24,28). The van der Waals surface area contributed by atoms with E-state index in [1.54, 1.807) is 31.2 Å². The van der Waals surface area contributed by atoms with Crippen molar-refractivity contribution in [3.8, 4) is 0 Å². The maximum Gasteiger partial charge on any atom is 0.276 e. The molecule has 0 aliphatic heterocycles. The Kier molecular flexibility index (Phi) is 5.28. The van der Waals surface area contributed by atoms with Crippen molar-refractivity contribution in [2.24, 2.45) is 0 Å². The molecule has 4 aromatic rings. The van der Waals surface area contributed by atoms with Gasteiger partial charge in [0.05, 0.1) is 16.9 Å². The summed E-state index contributed by atoms with van der Waals surface area (Å²) < 4.78 is 1.27. The van der Waals surface area contributed by atoms with E-state index in [2.05, 4.69) is 10.4 Å². The smallest absolute Gasteiger partial charge is 0.276 e. The van der Waals surface area contributed by atoms with Gasteiger partial charge in [0.25, 0.3) is 17.2 Å². The molecule has 0 atom stereocenters. The fourth-order valence-electron chi connectivity index (χ4n) is 3.35. The van der Waals surface area contributed by atoms with Crippen LogP contribution in [-0.4, -0.2) is 20.6 Å². The molecule has 1 amide bonds. The molecule has 1 heterocycles. The number of nitro groups is 1. The average molecular weight is 414 g/mol. The molecule has 0 unspecified atom stereocenters. The van der Waals surface area contributed by atoms with E-state index >= 15 is 0 Å². The van der Waals surface area contributed by atoms with E-state index < -0.39 is 10.8 Å². The van der Waals surface area contributed by atoms with Crippen LogP contribution < -0.4 is 10.9 Å². The highest BCUT2D eigenvalue weighted by Gasteiger charge is 2.18. The number of hydrogen-bond acceptors (Lipinski definition) is 5. The molecule has 31 heavy (non-hydrogen) atoms. The van der Waals surface area contributed by atoms with Crippen molar-refractivity contribution in [1.82, 2.24) is 9.78 Å². The zero-order chi connectivity index (χ0) is 22.0. The van der Waals surface area contributed by atoms with Crippen LogP contribution in [0.1, 0.15) is 21.6 Å². The van der Waals surface area contributed by atoms with Crippen LogP contribution in [0.25, 0.3) is 10.8 Å². The molecular weight excluding hydrogens is 396 g/mol. The topological polar surface area (TPSA) is 107 Å². The highest BCUT2D eigenvalue weighted by atomic mass is 16.6. The summed E-state index contributed by atoms with van der Waals surface area (Å²) in [5.74, 6) is -0.505. The highest BCUT2D eigenvalue weighted by molar-refractivity contribution is 6.11. The van der Waals surface area contributed by atoms with Crippen LogP contribution in [0.5, 0.6) is 0 Å². The summed E-state index contributed by atoms with van der Waals surface area (Å²) in [7, 11) is 0. The van der Waals surface area contributed by atoms with Gasteiger partial charge >= 0.3 is 0 Å². The van der Waals surface area contributed by atoms with E-state index in [-0.39, 0.29) is 23.5 Å². The fourth-order valence-corrected chi connectivity index (χ4v) is 3.35. The Morgan fingerprint density at radius 1 is 1.03 bits per heavy atom. The second-order valence-electron chi connectivity index (χ2n) is 7.05. The predicted octanol–water partition coefficient (Wildman–Crippen LogP) is 3.91. The van der Waals surface area contributed by atoms with Gasteiger partial charge in [0, 0.05) is 23.2 Å². The Morgan fingerprint density at radius 2 is 1.71 bits per heavy atom. The minimum atomic E-state index is -0.505. The van der Waals surface area contributed by atoms with Crippen molar-refractivity contribution in [3.05, 3.63) is 110 Å². The molecule has 8 nitrogen and oxygen atoms in total. The van der Waals surface area contributed by atoms with Crippen molar-refractivity contribution < 1.29 is 9.72 Å². The molecule has 0 aliphatic carbocycles. The van der Waals surface area contributed by atoms with E-state index in [1.807, 2.05) is 30.3 Å². The van der Waals surface area contributed by atoms with E-state index in [1.165, 1.54) is 22.9 Å². The van der Waals surface area contributed by atoms with Gasteiger partial charge in [0.2, 0.25) is 0 Å². The predicted molar refractivity (Wildman–Crippen MR) is 117 cm³/mol. The van der Waals surface area contributed by atoms with E-state index in [0.717, 1.165) is 5.56 Å². The van der Waals surface area contributed by atoms with Gasteiger partial charge in [-0.25, -0.2) is 4.68 Å². The first-order chi connectivity index (χ1) is 14.9. The Hall–Kier alpha value is -4.33. The van der Waals surface area contributed by atoms with Crippen LogP contribution >= 0.6 is 0 Å². The van der Waals surface area contributed by atoms with E-state index in [0.29, 0.717) is 22.0 Å². The number of nitrogens with zero attached hydrogens (tertiary/aromatic N) is 3. The van der Waals surface area contributed by atoms with Gasteiger partial charge in [-0.2, -0.15) is 5.10 Å². The number of aromatic nitrogens is 2. The van der Waals surface area contributed by atoms with Gasteiger partial charge in [-0.15, -0.1) is 0 Å². The van der Waals surface area contributed by atoms with Gasteiger partial charge in [-0.1, -0.05) is 48.5 Å². The molecule has 0 radical (unpaired) electrons. The lowest BCUT2D eigenvalue weighted by atomic mass is 10.1. The molecule has 154 valence electrons. The number of carbonyl (C=O) groups excluding carboxylic acids is 1. The Balaban J connectivity index is 1.76. The lowest BCUT2D eigenvalue weighted by Gasteiger charge is -2.12. The fraction of sp³-hybridized carbons (Fsp3) is 0.0870. The number of nitro benzene ring substituents is 1. The first-order valence-corrected chi connectivity index (χ1v) is 9.54. The summed E-state index contributed by atoms with van der Waals surface area (Å²) in [5.41, 5.74) is 1.61. The summed E-state index contributed by atoms with van der Waals surface area (Å²) in [6, 6.07) is 20.4. The molecule has 0 fully saturated rings. The lowest BCUT2D eigenvalue weighted by Crippen LogP contribution is -2.28. The second-order valence-corrected chi connectivity index (χ2v) is 7.05. The SMILES string of the molecule is Cc1cc([N+](=O)[O-])ccc1NC(=O)c1nn(Cc2ccccc2)c(=O)c2ccccc12. The van der Waals surface area contributed by atoms with Crippen LogP contribution in [0.15, 0.2) is 77.6 Å². The second kappa shape index (κ2) is 8.19. The first-order valence-electron chi connectivity index (χ1n) is 9.54. The number of rotatable bonds is 5. The molecule has 8 heteroatoms. The molecule has 1 N–H and O–H groups in total. The van der Waals surface area contributed by atoms with E-state index in [9.17, 15) is 19.7 Å². The van der Waals surface area contributed by atoms with Crippen molar-refractivity contribution in [2.45, 2.75) is 13.5 Å². The third kappa shape index (κ3) is 4.04. The molecule has 0 saturated heterocycles. The summed E-state index contributed by atoms with van der Waals surface area (Å²) in [4.78, 5) is 36.5. The summed E-state index contributed by atoms with van der Waals surface area (Å²) >= 11 is 0. The van der Waals surface area contributed by atoms with Crippen molar-refractivity contribution >= 4 is 28.1 Å². The molecule has 1 aromatic heterocycles. The number of nitrogens with one attached hydrogen (secondary N) is 1. The number of non-ortho nitro benzene ring substituents is 1. The van der Waals surface area contributed by atoms with Gasteiger partial charge < -0.3 is 5.32 Å². The zero-order valence-corrected chi connectivity index (χ0v) is 16.6. The number of carbonyl (C=O) groups is 1. The van der Waals surface area contributed by atoms with Crippen molar-refractivity contribution in [2.75, 3.05) is 5.32 Å². The van der Waals surface area contributed by atoms with Crippen LogP contribution in [0.4, 0.5) is 11.4 Å². The van der Waals surface area contributed by atoms with Crippen molar-refractivity contribution in [1.29, 1.82) is 0 Å². The van der Waals surface area contributed by atoms with Crippen molar-refractivity contribution in [3.63, 3.8) is 0 Å². The Bertz CT molecular complexity index is 1360. The minimum absolute atomic E-state index is 0.0597. The third-order valence-electron chi connectivity index (χ3n) is 4.93. The normalized spacial score (nSPS) is 10.7. The van der Waals surface area contributed by atoms with Crippen LogP contribution in [0.2, 0.25) is 0 Å². The third-order valence-corrected chi connectivity index (χ3v) is 4.93. The quantitative estimate of drug-likeness (QED) is 0.393. The summed E-state index contributed by atoms with van der Waals surface area (Å²) in [6.07, 6.45) is 0. The molecule has 4 rings (SSSR count). The number of aryl methyl sites for hydroxylation is 1. The monoisotopic (exact) mass is 414 g/mol. The molecule has 0 aliphatic rings. The van der Waals surface area contributed by atoms with Gasteiger partial charge in [-0.3, -0.25) is 19.7 Å². The summed E-state index contributed by atoms with van der Waals surface area (Å²) in [5, 5.41) is 18.9. The molecule has 0 spiro atoms. The molecule has 3 aromatic carbocycles. The highest BCUT2D eigenvalue weighted by Crippen LogP contribution is 2.22. The van der Waals surface area contributed by atoms with Gasteiger partial charge in [-0.05, 0) is 30.2 Å². The van der Waals surface area contributed by atoms with Crippen LogP contribution in [-0.2, 0) is 6.54 Å². The number of amides is 1. The first kappa shape index (κ1) is 20.0. The maximum atomic E-state index is 13.1. The van der Waals surface area contributed by atoms with Gasteiger partial charge in [0.15, 0.2) is 5.69 Å². The van der Waals surface area contributed by atoms with Gasteiger partial charge in [0.1, 0.15) is 0 Å². The van der Waals surface area contributed by atoms with Crippen LogP contribution in [0, 0.1) is 17.0 Å². The average Bonchev–Trinajstić information content (AvgIpc) is 2.77. The molecular formula is C23H18N4O4. The Morgan fingerprint density at radius 3 is 2.39 bits per heavy atom. The lowest BCUT2D eigenvalue weighted by molar-refractivity contribution is -0.384. The van der Waals surface area contributed by atoms with Crippen LogP contribution in [0.3, 0.4) is 0 Å². The Labute approximate surface area is 176 Å². The molecule has 0 saturated carbocycles. The number of hydrogen-bond donors (Lipinski definition) is 1.